The monoisotopic (exact) mass is 650 g/mol. The van der Waals surface area contributed by atoms with E-state index < -0.39 is 5.97 Å². The molecule has 6 nitrogen and oxygen atoms in total. The molecule has 0 aliphatic heterocycles. The highest BCUT2D eigenvalue weighted by molar-refractivity contribution is 5.80. The predicted molar refractivity (Wildman–Crippen MR) is 194 cm³/mol. The molecule has 0 rings (SSSR count). The van der Waals surface area contributed by atoms with Crippen molar-refractivity contribution < 1.29 is 24.2 Å². The zero-order valence-electron chi connectivity index (χ0n) is 30.4. The molecule has 0 aromatic heterocycles. The number of hydrogen-bond acceptors (Lipinski definition) is 4. The van der Waals surface area contributed by atoms with Crippen LogP contribution in [0.25, 0.3) is 0 Å². The van der Waals surface area contributed by atoms with E-state index in [1.54, 1.807) is 0 Å². The average molecular weight is 650 g/mol. The second-order valence-electron chi connectivity index (χ2n) is 13.5. The van der Waals surface area contributed by atoms with Gasteiger partial charge in [0.15, 0.2) is 0 Å². The summed E-state index contributed by atoms with van der Waals surface area (Å²) in [5.74, 6) is -1.27. The molecule has 0 aromatic carbocycles. The lowest BCUT2D eigenvalue weighted by atomic mass is 10.0. The molecule has 0 aliphatic carbocycles. The summed E-state index contributed by atoms with van der Waals surface area (Å²) in [6, 6.07) is 0. The topological polar surface area (TPSA) is 92.7 Å². The summed E-state index contributed by atoms with van der Waals surface area (Å²) in [6.45, 7) is 4.17. The summed E-state index contributed by atoms with van der Waals surface area (Å²) in [4.78, 5) is 34.7. The minimum Gasteiger partial charge on any atom is -0.480 e. The lowest BCUT2D eigenvalue weighted by molar-refractivity contribution is -0.150. The van der Waals surface area contributed by atoms with Crippen molar-refractivity contribution in [2.75, 3.05) is 6.54 Å². The number of carbonyl (C=O) groups is 3. The number of ether oxygens (including phenoxy) is 1. The van der Waals surface area contributed by atoms with Crippen LogP contribution in [0, 0.1) is 0 Å². The van der Waals surface area contributed by atoms with Crippen LogP contribution in [0.5, 0.6) is 0 Å². The highest BCUT2D eigenvalue weighted by atomic mass is 16.5. The molecule has 0 aromatic rings. The number of allylic oxidation sites excluding steroid dienone is 2. The van der Waals surface area contributed by atoms with Crippen molar-refractivity contribution in [1.29, 1.82) is 0 Å². The molecule has 2 N–H and O–H groups in total. The van der Waals surface area contributed by atoms with Crippen LogP contribution < -0.4 is 5.32 Å². The van der Waals surface area contributed by atoms with Crippen molar-refractivity contribution >= 4 is 17.8 Å². The van der Waals surface area contributed by atoms with E-state index in [4.69, 9.17) is 9.84 Å². The van der Waals surface area contributed by atoms with Crippen LogP contribution in [0.2, 0.25) is 0 Å². The number of nitrogens with one attached hydrogen (secondary N) is 1. The van der Waals surface area contributed by atoms with E-state index in [0.717, 1.165) is 57.8 Å². The Morgan fingerprint density at radius 3 is 1.41 bits per heavy atom. The predicted octanol–water partition coefficient (Wildman–Crippen LogP) is 11.8. The van der Waals surface area contributed by atoms with Crippen LogP contribution in [0.3, 0.4) is 0 Å². The van der Waals surface area contributed by atoms with Gasteiger partial charge >= 0.3 is 11.9 Å². The summed E-state index contributed by atoms with van der Waals surface area (Å²) >= 11 is 0. The lowest BCUT2D eigenvalue weighted by Gasteiger charge is -2.18. The molecule has 270 valence electrons. The Hall–Kier alpha value is -1.85. The molecular weight excluding hydrogens is 574 g/mol. The van der Waals surface area contributed by atoms with Crippen LogP contribution in [0.15, 0.2) is 12.2 Å². The van der Waals surface area contributed by atoms with Crippen molar-refractivity contribution in [3.63, 3.8) is 0 Å². The van der Waals surface area contributed by atoms with E-state index in [9.17, 15) is 14.4 Å². The molecule has 1 amide bonds. The summed E-state index contributed by atoms with van der Waals surface area (Å²) in [5.41, 5.74) is 0. The highest BCUT2D eigenvalue weighted by Gasteiger charge is 2.14. The second kappa shape index (κ2) is 36.0. The van der Waals surface area contributed by atoms with E-state index in [2.05, 4.69) is 31.3 Å². The first kappa shape index (κ1) is 44.1. The second-order valence-corrected chi connectivity index (χ2v) is 13.5. The number of rotatable bonds is 36. The summed E-state index contributed by atoms with van der Waals surface area (Å²) in [6.07, 6.45) is 40.8. The van der Waals surface area contributed by atoms with E-state index in [1.807, 2.05) is 0 Å². The van der Waals surface area contributed by atoms with Gasteiger partial charge in [0.05, 0.1) is 0 Å². The van der Waals surface area contributed by atoms with E-state index >= 15 is 0 Å². The van der Waals surface area contributed by atoms with Gasteiger partial charge in [-0.05, 0) is 64.2 Å². The van der Waals surface area contributed by atoms with E-state index in [1.165, 1.54) is 128 Å². The Morgan fingerprint density at radius 1 is 0.543 bits per heavy atom. The SMILES string of the molecule is CCCCCCCCCC/C=C\CCCCCCCCCCCC(=O)OC(CCCCCC)CCCCCCC(=O)NCC(=O)O. The molecule has 1 atom stereocenters. The quantitative estimate of drug-likeness (QED) is 0.0400. The summed E-state index contributed by atoms with van der Waals surface area (Å²) in [5, 5.41) is 11.0. The average Bonchev–Trinajstić information content (AvgIpc) is 3.04. The Bertz CT molecular complexity index is 722. The van der Waals surface area contributed by atoms with Crippen molar-refractivity contribution in [2.24, 2.45) is 0 Å². The van der Waals surface area contributed by atoms with Gasteiger partial charge in [0.25, 0.3) is 0 Å². The number of carboxylic acids is 1. The molecule has 0 saturated heterocycles. The molecule has 1 unspecified atom stereocenters. The molecule has 0 spiro atoms. The molecule has 6 heteroatoms. The van der Waals surface area contributed by atoms with Gasteiger partial charge in [0, 0.05) is 12.8 Å². The van der Waals surface area contributed by atoms with Crippen LogP contribution in [0.1, 0.15) is 213 Å². The van der Waals surface area contributed by atoms with Crippen molar-refractivity contribution in [2.45, 2.75) is 219 Å². The Kier molecular flexibility index (Phi) is 34.5. The number of aliphatic carboxylic acids is 1. The standard InChI is InChI=1S/C40H75NO5/c1-3-5-7-9-10-11-12-13-14-15-16-17-18-19-20-21-22-23-24-25-31-35-40(45)46-37(32-28-8-6-4-2)33-29-26-27-30-34-38(42)41-36-39(43)44/h15-16,37H,3-14,17-36H2,1-2H3,(H,41,42)(H,43,44)/b16-15-. The van der Waals surface area contributed by atoms with Gasteiger partial charge in [-0.3, -0.25) is 14.4 Å². The van der Waals surface area contributed by atoms with E-state index in [-0.39, 0.29) is 24.5 Å². The van der Waals surface area contributed by atoms with Gasteiger partial charge in [0.1, 0.15) is 12.6 Å². The third kappa shape index (κ3) is 35.0. The maximum atomic E-state index is 12.5. The van der Waals surface area contributed by atoms with E-state index in [0.29, 0.717) is 12.8 Å². The molecule has 46 heavy (non-hydrogen) atoms. The van der Waals surface area contributed by atoms with Crippen LogP contribution in [0.4, 0.5) is 0 Å². The molecule has 0 heterocycles. The smallest absolute Gasteiger partial charge is 0.322 e. The fourth-order valence-corrected chi connectivity index (χ4v) is 5.98. The van der Waals surface area contributed by atoms with Crippen molar-refractivity contribution in [1.82, 2.24) is 5.32 Å². The van der Waals surface area contributed by atoms with Crippen LogP contribution >= 0.6 is 0 Å². The zero-order chi connectivity index (χ0) is 33.8. The fraction of sp³-hybridized carbons (Fsp3) is 0.875. The van der Waals surface area contributed by atoms with Gasteiger partial charge < -0.3 is 15.2 Å². The first-order valence-corrected chi connectivity index (χ1v) is 19.8. The third-order valence-corrected chi connectivity index (χ3v) is 8.94. The number of unbranched alkanes of at least 4 members (excludes halogenated alkanes) is 23. The Morgan fingerprint density at radius 2 is 0.935 bits per heavy atom. The number of amides is 1. The van der Waals surface area contributed by atoms with Gasteiger partial charge in [-0.25, -0.2) is 0 Å². The van der Waals surface area contributed by atoms with Crippen LogP contribution in [-0.4, -0.2) is 35.6 Å². The molecular formula is C40H75NO5. The van der Waals surface area contributed by atoms with Crippen molar-refractivity contribution in [3.8, 4) is 0 Å². The third-order valence-electron chi connectivity index (χ3n) is 8.94. The molecule has 0 radical (unpaired) electrons. The lowest BCUT2D eigenvalue weighted by Crippen LogP contribution is -2.28. The first-order chi connectivity index (χ1) is 22.5. The Balaban J connectivity index is 3.75. The number of carbonyl (C=O) groups excluding carboxylic acids is 2. The molecule has 0 bridgehead atoms. The summed E-state index contributed by atoms with van der Waals surface area (Å²) < 4.78 is 5.91. The maximum Gasteiger partial charge on any atom is 0.322 e. The normalized spacial score (nSPS) is 12.0. The maximum absolute atomic E-state index is 12.5. The Labute approximate surface area is 284 Å². The minimum absolute atomic E-state index is 0.00798. The number of hydrogen-bond donors (Lipinski definition) is 2. The molecule has 0 aliphatic rings. The minimum atomic E-state index is -1.02. The first-order valence-electron chi connectivity index (χ1n) is 19.8. The number of carboxylic acid groups (broad SMARTS) is 1. The zero-order valence-corrected chi connectivity index (χ0v) is 30.4. The van der Waals surface area contributed by atoms with Gasteiger partial charge in [0.2, 0.25) is 5.91 Å². The van der Waals surface area contributed by atoms with Gasteiger partial charge in [-0.15, -0.1) is 0 Å². The van der Waals surface area contributed by atoms with Gasteiger partial charge in [-0.1, -0.05) is 148 Å². The van der Waals surface area contributed by atoms with Crippen molar-refractivity contribution in [3.05, 3.63) is 12.2 Å². The molecule has 0 fully saturated rings. The highest BCUT2D eigenvalue weighted by Crippen LogP contribution is 2.18. The summed E-state index contributed by atoms with van der Waals surface area (Å²) in [7, 11) is 0. The fourth-order valence-electron chi connectivity index (χ4n) is 5.98. The van der Waals surface area contributed by atoms with Crippen LogP contribution in [-0.2, 0) is 19.1 Å². The molecule has 0 saturated carbocycles. The number of esters is 1. The van der Waals surface area contributed by atoms with Gasteiger partial charge in [-0.2, -0.15) is 0 Å². The largest absolute Gasteiger partial charge is 0.480 e.